The lowest BCUT2D eigenvalue weighted by Gasteiger charge is -2.15. The number of urea groups is 1. The monoisotopic (exact) mass is 204 g/mol. The first-order chi connectivity index (χ1) is 7.18. The molecule has 1 aromatic carbocycles. The minimum Gasteiger partial charge on any atom is -0.333 e. The second-order valence-corrected chi connectivity index (χ2v) is 4.25. The van der Waals surface area contributed by atoms with Gasteiger partial charge in [0.2, 0.25) is 0 Å². The highest BCUT2D eigenvalue weighted by Gasteiger charge is 2.31. The first-order valence-corrected chi connectivity index (χ1v) is 5.31. The van der Waals surface area contributed by atoms with Crippen molar-refractivity contribution in [3.63, 3.8) is 0 Å². The minimum atomic E-state index is 0.0138. The number of carbonyl (C=O) groups is 1. The summed E-state index contributed by atoms with van der Waals surface area (Å²) < 4.78 is 0. The summed E-state index contributed by atoms with van der Waals surface area (Å²) in [6.45, 7) is 5.01. The predicted molar refractivity (Wildman–Crippen MR) is 60.9 cm³/mol. The molecule has 3 nitrogen and oxygen atoms in total. The van der Waals surface area contributed by atoms with Gasteiger partial charge in [-0.3, -0.25) is 4.90 Å². The van der Waals surface area contributed by atoms with Crippen LogP contribution in [0.1, 0.15) is 13.8 Å². The van der Waals surface area contributed by atoms with Crippen LogP contribution in [0.4, 0.5) is 10.5 Å². The van der Waals surface area contributed by atoms with Crippen molar-refractivity contribution in [2.45, 2.75) is 19.9 Å². The van der Waals surface area contributed by atoms with Gasteiger partial charge in [-0.25, -0.2) is 4.79 Å². The highest BCUT2D eigenvalue weighted by Crippen LogP contribution is 2.20. The number of carbonyl (C=O) groups excluding carboxylic acids is 1. The topological polar surface area (TPSA) is 32.3 Å². The molecule has 80 valence electrons. The van der Waals surface area contributed by atoms with E-state index in [4.69, 9.17) is 0 Å². The Morgan fingerprint density at radius 3 is 2.53 bits per heavy atom. The summed E-state index contributed by atoms with van der Waals surface area (Å²) >= 11 is 0. The molecular weight excluding hydrogens is 188 g/mol. The lowest BCUT2D eigenvalue weighted by atomic mass is 10.1. The van der Waals surface area contributed by atoms with E-state index in [-0.39, 0.29) is 12.1 Å². The first-order valence-electron chi connectivity index (χ1n) is 5.31. The molecule has 2 rings (SSSR count). The van der Waals surface area contributed by atoms with Gasteiger partial charge in [0.05, 0.1) is 6.04 Å². The largest absolute Gasteiger partial charge is 0.333 e. The fourth-order valence-corrected chi connectivity index (χ4v) is 1.77. The van der Waals surface area contributed by atoms with Gasteiger partial charge in [0.25, 0.3) is 0 Å². The normalized spacial score (nSPS) is 20.9. The van der Waals surface area contributed by atoms with Crippen LogP contribution in [0.5, 0.6) is 0 Å². The lowest BCUT2D eigenvalue weighted by Crippen LogP contribution is -2.31. The summed E-state index contributed by atoms with van der Waals surface area (Å²) in [5.74, 6) is 0.475. The third-order valence-corrected chi connectivity index (χ3v) is 2.81. The van der Waals surface area contributed by atoms with Crippen molar-refractivity contribution in [2.24, 2.45) is 5.92 Å². The maximum atomic E-state index is 11.7. The van der Waals surface area contributed by atoms with Crippen LogP contribution in [0.25, 0.3) is 0 Å². The zero-order valence-electron chi connectivity index (χ0n) is 9.10. The molecule has 1 N–H and O–H groups in total. The van der Waals surface area contributed by atoms with Crippen LogP contribution in [0.2, 0.25) is 0 Å². The van der Waals surface area contributed by atoms with Crippen molar-refractivity contribution in [3.05, 3.63) is 30.3 Å². The molecular formula is C12H16N2O. The number of anilines is 1. The van der Waals surface area contributed by atoms with Gasteiger partial charge in [-0.05, 0) is 18.1 Å². The van der Waals surface area contributed by atoms with E-state index in [1.807, 2.05) is 30.3 Å². The molecule has 0 aromatic heterocycles. The molecule has 1 aliphatic heterocycles. The standard InChI is InChI=1S/C12H16N2O/c1-9(2)11-8-14(12(15)13-11)10-6-4-3-5-7-10/h3-7,9,11H,8H2,1-2H3,(H,13,15). The van der Waals surface area contributed by atoms with E-state index >= 15 is 0 Å². The average Bonchev–Trinajstić information content (AvgIpc) is 2.62. The van der Waals surface area contributed by atoms with E-state index in [1.54, 1.807) is 4.90 Å². The molecule has 1 atom stereocenters. The third-order valence-electron chi connectivity index (χ3n) is 2.81. The Balaban J connectivity index is 2.16. The zero-order valence-corrected chi connectivity index (χ0v) is 9.10. The van der Waals surface area contributed by atoms with Crippen LogP contribution in [-0.2, 0) is 0 Å². The Hall–Kier alpha value is -1.51. The van der Waals surface area contributed by atoms with Crippen molar-refractivity contribution < 1.29 is 4.79 Å². The van der Waals surface area contributed by atoms with Crippen LogP contribution in [0.15, 0.2) is 30.3 Å². The summed E-state index contributed by atoms with van der Waals surface area (Å²) in [7, 11) is 0. The summed E-state index contributed by atoms with van der Waals surface area (Å²) in [5.41, 5.74) is 0.971. The first kappa shape index (κ1) is 10.0. The Morgan fingerprint density at radius 1 is 1.33 bits per heavy atom. The molecule has 0 radical (unpaired) electrons. The molecule has 0 bridgehead atoms. The fourth-order valence-electron chi connectivity index (χ4n) is 1.77. The van der Waals surface area contributed by atoms with Crippen molar-refractivity contribution in [3.8, 4) is 0 Å². The maximum absolute atomic E-state index is 11.7. The molecule has 1 fully saturated rings. The van der Waals surface area contributed by atoms with Crippen LogP contribution in [0, 0.1) is 5.92 Å². The number of para-hydroxylation sites is 1. The molecule has 1 saturated heterocycles. The zero-order chi connectivity index (χ0) is 10.8. The quantitative estimate of drug-likeness (QED) is 0.787. The number of hydrogen-bond donors (Lipinski definition) is 1. The molecule has 15 heavy (non-hydrogen) atoms. The van der Waals surface area contributed by atoms with Crippen LogP contribution in [0.3, 0.4) is 0 Å². The highest BCUT2D eigenvalue weighted by atomic mass is 16.2. The molecule has 0 saturated carbocycles. The lowest BCUT2D eigenvalue weighted by molar-refractivity contribution is 0.249. The Bertz CT molecular complexity index is 348. The summed E-state index contributed by atoms with van der Waals surface area (Å²) in [4.78, 5) is 13.5. The van der Waals surface area contributed by atoms with Crippen LogP contribution in [-0.4, -0.2) is 18.6 Å². The number of rotatable bonds is 2. The SMILES string of the molecule is CC(C)C1CN(c2ccccc2)C(=O)N1. The molecule has 2 amide bonds. The van der Waals surface area contributed by atoms with Gasteiger partial charge in [0.15, 0.2) is 0 Å². The molecule has 3 heteroatoms. The van der Waals surface area contributed by atoms with Crippen LogP contribution >= 0.6 is 0 Å². The molecule has 1 aromatic rings. The average molecular weight is 204 g/mol. The second-order valence-electron chi connectivity index (χ2n) is 4.25. The predicted octanol–water partition coefficient (Wildman–Crippen LogP) is 2.24. The molecule has 0 aliphatic carbocycles. The highest BCUT2D eigenvalue weighted by molar-refractivity contribution is 5.94. The molecule has 1 heterocycles. The van der Waals surface area contributed by atoms with E-state index in [0.717, 1.165) is 12.2 Å². The number of nitrogens with zero attached hydrogens (tertiary/aromatic N) is 1. The maximum Gasteiger partial charge on any atom is 0.322 e. The summed E-state index contributed by atoms with van der Waals surface area (Å²) in [6, 6.07) is 10.1. The van der Waals surface area contributed by atoms with E-state index in [0.29, 0.717) is 5.92 Å². The second kappa shape index (κ2) is 3.93. The Morgan fingerprint density at radius 2 is 2.00 bits per heavy atom. The van der Waals surface area contributed by atoms with E-state index in [9.17, 15) is 4.79 Å². The van der Waals surface area contributed by atoms with Gasteiger partial charge in [0, 0.05) is 12.2 Å². The van der Waals surface area contributed by atoms with Crippen molar-refractivity contribution in [1.29, 1.82) is 0 Å². The fraction of sp³-hybridized carbons (Fsp3) is 0.417. The van der Waals surface area contributed by atoms with Gasteiger partial charge >= 0.3 is 6.03 Å². The van der Waals surface area contributed by atoms with Crippen molar-refractivity contribution in [2.75, 3.05) is 11.4 Å². The van der Waals surface area contributed by atoms with Crippen molar-refractivity contribution >= 4 is 11.7 Å². The molecule has 1 aliphatic rings. The van der Waals surface area contributed by atoms with Crippen molar-refractivity contribution in [1.82, 2.24) is 5.32 Å². The Labute approximate surface area is 90.1 Å². The van der Waals surface area contributed by atoms with Gasteiger partial charge in [-0.1, -0.05) is 32.0 Å². The Kier molecular flexibility index (Phi) is 2.62. The van der Waals surface area contributed by atoms with E-state index < -0.39 is 0 Å². The number of hydrogen-bond acceptors (Lipinski definition) is 1. The van der Waals surface area contributed by atoms with Crippen LogP contribution < -0.4 is 10.2 Å². The van der Waals surface area contributed by atoms with Gasteiger partial charge in [-0.15, -0.1) is 0 Å². The number of amides is 2. The molecule has 1 unspecified atom stereocenters. The van der Waals surface area contributed by atoms with E-state index in [1.165, 1.54) is 0 Å². The number of benzene rings is 1. The third kappa shape index (κ3) is 1.96. The molecule has 0 spiro atoms. The van der Waals surface area contributed by atoms with E-state index in [2.05, 4.69) is 19.2 Å². The smallest absolute Gasteiger partial charge is 0.322 e. The minimum absolute atomic E-state index is 0.0138. The summed E-state index contributed by atoms with van der Waals surface area (Å²) in [6.07, 6.45) is 0. The van der Waals surface area contributed by atoms with Gasteiger partial charge < -0.3 is 5.32 Å². The summed E-state index contributed by atoms with van der Waals surface area (Å²) in [5, 5.41) is 2.99. The number of nitrogens with one attached hydrogen (secondary N) is 1. The van der Waals surface area contributed by atoms with Gasteiger partial charge in [0.1, 0.15) is 0 Å². The van der Waals surface area contributed by atoms with Gasteiger partial charge in [-0.2, -0.15) is 0 Å².